The number of carbonyl (C=O) groups is 2. The number of nitrogens with one attached hydrogen (secondary N) is 1. The molecule has 2 atom stereocenters. The van der Waals surface area contributed by atoms with Crippen LogP contribution < -0.4 is 5.32 Å². The first-order chi connectivity index (χ1) is 9.47. The molecule has 0 aromatic heterocycles. The quantitative estimate of drug-likeness (QED) is 0.851. The molecule has 4 nitrogen and oxygen atoms in total. The minimum absolute atomic E-state index is 0.0199. The van der Waals surface area contributed by atoms with Crippen LogP contribution in [-0.4, -0.2) is 41.8 Å². The first-order valence-corrected chi connectivity index (χ1v) is 6.78. The Morgan fingerprint density at radius 3 is 2.60 bits per heavy atom. The molecule has 1 saturated heterocycles. The number of Topliss-reactive ketones (excluding diaryl/α,β-unsaturated/α-hetero) is 1. The van der Waals surface area contributed by atoms with Gasteiger partial charge in [-0.2, -0.15) is 0 Å². The van der Waals surface area contributed by atoms with E-state index in [9.17, 15) is 14.0 Å². The van der Waals surface area contributed by atoms with Crippen LogP contribution in [0.4, 0.5) is 4.39 Å². The second-order valence-corrected chi connectivity index (χ2v) is 5.23. The third-order valence-electron chi connectivity index (χ3n) is 3.68. The Hall–Kier alpha value is -1.75. The van der Waals surface area contributed by atoms with Gasteiger partial charge in [0.15, 0.2) is 5.78 Å². The molecule has 0 radical (unpaired) electrons. The molecule has 2 rings (SSSR count). The van der Waals surface area contributed by atoms with Crippen molar-refractivity contribution in [2.75, 3.05) is 13.1 Å². The van der Waals surface area contributed by atoms with Gasteiger partial charge in [0, 0.05) is 31.6 Å². The lowest BCUT2D eigenvalue weighted by Gasteiger charge is -2.23. The van der Waals surface area contributed by atoms with Gasteiger partial charge in [-0.05, 0) is 37.6 Å². The van der Waals surface area contributed by atoms with Gasteiger partial charge >= 0.3 is 0 Å². The molecule has 1 aliphatic rings. The maximum absolute atomic E-state index is 12.9. The zero-order chi connectivity index (χ0) is 14.7. The number of rotatable bonds is 4. The van der Waals surface area contributed by atoms with Crippen LogP contribution in [0.2, 0.25) is 0 Å². The fourth-order valence-corrected chi connectivity index (χ4v) is 2.57. The van der Waals surface area contributed by atoms with Crippen LogP contribution in [0.5, 0.6) is 0 Å². The highest BCUT2D eigenvalue weighted by Crippen LogP contribution is 2.16. The zero-order valence-corrected chi connectivity index (χ0v) is 11.7. The summed E-state index contributed by atoms with van der Waals surface area (Å²) in [5, 5.41) is 2.87. The number of hydrogen-bond acceptors (Lipinski definition) is 3. The molecule has 0 aliphatic carbocycles. The summed E-state index contributed by atoms with van der Waals surface area (Å²) in [6.45, 7) is 4.80. The number of ketones is 1. The van der Waals surface area contributed by atoms with Crippen molar-refractivity contribution in [2.45, 2.75) is 32.4 Å². The predicted octanol–water partition coefficient (Wildman–Crippen LogP) is 1.61. The lowest BCUT2D eigenvalue weighted by Crippen LogP contribution is -2.41. The van der Waals surface area contributed by atoms with Crippen molar-refractivity contribution in [1.29, 1.82) is 0 Å². The molecular weight excluding hydrogens is 259 g/mol. The van der Waals surface area contributed by atoms with Crippen LogP contribution >= 0.6 is 0 Å². The molecule has 1 N–H and O–H groups in total. The maximum Gasteiger partial charge on any atom is 0.217 e. The van der Waals surface area contributed by atoms with E-state index in [2.05, 4.69) is 5.32 Å². The molecule has 108 valence electrons. The third kappa shape index (κ3) is 3.42. The topological polar surface area (TPSA) is 49.4 Å². The summed E-state index contributed by atoms with van der Waals surface area (Å²) >= 11 is 0. The van der Waals surface area contributed by atoms with Gasteiger partial charge in [0.2, 0.25) is 5.91 Å². The third-order valence-corrected chi connectivity index (χ3v) is 3.68. The Kier molecular flexibility index (Phi) is 4.49. The van der Waals surface area contributed by atoms with Gasteiger partial charge in [-0.15, -0.1) is 0 Å². The maximum atomic E-state index is 12.9. The molecular formula is C15H19FN2O2. The van der Waals surface area contributed by atoms with Crippen LogP contribution in [0.15, 0.2) is 24.3 Å². The summed E-state index contributed by atoms with van der Waals surface area (Å²) < 4.78 is 12.9. The van der Waals surface area contributed by atoms with E-state index in [0.29, 0.717) is 12.1 Å². The summed E-state index contributed by atoms with van der Waals surface area (Å²) in [4.78, 5) is 25.4. The SMILES string of the molecule is CC(=O)NC1CCN(C(C)C(=O)c2ccc(F)cc2)C1. The molecule has 0 spiro atoms. The van der Waals surface area contributed by atoms with Gasteiger partial charge in [-0.1, -0.05) is 0 Å². The average molecular weight is 278 g/mol. The minimum atomic E-state index is -0.346. The van der Waals surface area contributed by atoms with E-state index >= 15 is 0 Å². The number of hydrogen-bond donors (Lipinski definition) is 1. The highest BCUT2D eigenvalue weighted by molar-refractivity contribution is 5.99. The van der Waals surface area contributed by atoms with Crippen LogP contribution in [-0.2, 0) is 4.79 Å². The Balaban J connectivity index is 1.97. The summed E-state index contributed by atoms with van der Waals surface area (Å²) in [5.41, 5.74) is 0.516. The summed E-state index contributed by atoms with van der Waals surface area (Å²) in [5.74, 6) is -0.413. The fourth-order valence-electron chi connectivity index (χ4n) is 2.57. The van der Waals surface area contributed by atoms with E-state index in [1.54, 1.807) is 0 Å². The van der Waals surface area contributed by atoms with Crippen molar-refractivity contribution in [3.8, 4) is 0 Å². The van der Waals surface area contributed by atoms with Crippen LogP contribution in [0.3, 0.4) is 0 Å². The normalized spacial score (nSPS) is 20.6. The lowest BCUT2D eigenvalue weighted by molar-refractivity contribution is -0.119. The number of nitrogens with zero attached hydrogens (tertiary/aromatic N) is 1. The average Bonchev–Trinajstić information content (AvgIpc) is 2.85. The van der Waals surface area contributed by atoms with Crippen molar-refractivity contribution in [3.63, 3.8) is 0 Å². The molecule has 5 heteroatoms. The smallest absolute Gasteiger partial charge is 0.217 e. The van der Waals surface area contributed by atoms with Crippen LogP contribution in [0.1, 0.15) is 30.6 Å². The first kappa shape index (κ1) is 14.7. The molecule has 0 saturated carbocycles. The number of carbonyl (C=O) groups excluding carboxylic acids is 2. The number of benzene rings is 1. The molecule has 1 aliphatic heterocycles. The summed E-state index contributed by atoms with van der Waals surface area (Å²) in [6.07, 6.45) is 0.848. The molecule has 1 heterocycles. The molecule has 1 fully saturated rings. The Labute approximate surface area is 118 Å². The fraction of sp³-hybridized carbons (Fsp3) is 0.467. The standard InChI is InChI=1S/C15H19FN2O2/c1-10(15(20)12-3-5-13(16)6-4-12)18-8-7-14(9-18)17-11(2)19/h3-6,10,14H,7-9H2,1-2H3,(H,17,19). The van der Waals surface area contributed by atoms with Crippen molar-refractivity contribution >= 4 is 11.7 Å². The first-order valence-electron chi connectivity index (χ1n) is 6.78. The number of halogens is 1. The van der Waals surface area contributed by atoms with E-state index in [-0.39, 0.29) is 29.6 Å². The van der Waals surface area contributed by atoms with Gasteiger partial charge in [-0.3, -0.25) is 14.5 Å². The molecule has 0 bridgehead atoms. The van der Waals surface area contributed by atoms with Gasteiger partial charge < -0.3 is 5.32 Å². The lowest BCUT2D eigenvalue weighted by atomic mass is 10.0. The second-order valence-electron chi connectivity index (χ2n) is 5.23. The summed E-state index contributed by atoms with van der Waals surface area (Å²) in [7, 11) is 0. The molecule has 1 aromatic rings. The Bertz CT molecular complexity index is 501. The number of likely N-dealkylation sites (tertiary alicyclic amines) is 1. The molecule has 20 heavy (non-hydrogen) atoms. The monoisotopic (exact) mass is 278 g/mol. The molecule has 1 aromatic carbocycles. The van der Waals surface area contributed by atoms with Crippen LogP contribution in [0.25, 0.3) is 0 Å². The second kappa shape index (κ2) is 6.13. The largest absolute Gasteiger partial charge is 0.352 e. The van der Waals surface area contributed by atoms with E-state index in [0.717, 1.165) is 13.0 Å². The molecule has 2 unspecified atom stereocenters. The highest BCUT2D eigenvalue weighted by Gasteiger charge is 2.30. The molecule has 1 amide bonds. The summed E-state index contributed by atoms with van der Waals surface area (Å²) in [6, 6.07) is 5.45. The van der Waals surface area contributed by atoms with Crippen molar-refractivity contribution < 1.29 is 14.0 Å². The highest BCUT2D eigenvalue weighted by atomic mass is 19.1. The van der Waals surface area contributed by atoms with Crippen LogP contribution in [0, 0.1) is 5.82 Å². The van der Waals surface area contributed by atoms with E-state index in [1.807, 2.05) is 11.8 Å². The number of amides is 1. The van der Waals surface area contributed by atoms with Gasteiger partial charge in [0.25, 0.3) is 0 Å². The Morgan fingerprint density at radius 1 is 1.35 bits per heavy atom. The van der Waals surface area contributed by atoms with E-state index < -0.39 is 0 Å². The van der Waals surface area contributed by atoms with Gasteiger partial charge in [0.1, 0.15) is 5.82 Å². The van der Waals surface area contributed by atoms with E-state index in [1.165, 1.54) is 31.2 Å². The predicted molar refractivity (Wildman–Crippen MR) is 74.0 cm³/mol. The van der Waals surface area contributed by atoms with Crippen molar-refractivity contribution in [3.05, 3.63) is 35.6 Å². The van der Waals surface area contributed by atoms with Crippen molar-refractivity contribution in [2.24, 2.45) is 0 Å². The minimum Gasteiger partial charge on any atom is -0.352 e. The van der Waals surface area contributed by atoms with Gasteiger partial charge in [-0.25, -0.2) is 4.39 Å². The van der Waals surface area contributed by atoms with Gasteiger partial charge in [0.05, 0.1) is 6.04 Å². The Morgan fingerprint density at radius 2 is 2.00 bits per heavy atom. The van der Waals surface area contributed by atoms with Crippen molar-refractivity contribution in [1.82, 2.24) is 10.2 Å². The van der Waals surface area contributed by atoms with E-state index in [4.69, 9.17) is 0 Å². The zero-order valence-electron chi connectivity index (χ0n) is 11.7.